The maximum Gasteiger partial charge on any atom is 0.216 e. The molecule has 9 heteroatoms. The van der Waals surface area contributed by atoms with Gasteiger partial charge in [0.1, 0.15) is 5.75 Å². The lowest BCUT2D eigenvalue weighted by Crippen LogP contribution is -2.25. The van der Waals surface area contributed by atoms with Crippen molar-refractivity contribution in [3.05, 3.63) is 59.7 Å². The van der Waals surface area contributed by atoms with Crippen molar-refractivity contribution in [3.63, 3.8) is 0 Å². The second-order valence-electron chi connectivity index (χ2n) is 8.41. The Balaban J connectivity index is 1.27. The number of anilines is 2. The lowest BCUT2D eigenvalue weighted by Gasteiger charge is -2.10. The average molecular weight is 495 g/mol. The van der Waals surface area contributed by atoms with E-state index in [2.05, 4.69) is 22.8 Å². The van der Waals surface area contributed by atoms with E-state index in [0.717, 1.165) is 29.4 Å². The Kier molecular flexibility index (Phi) is 9.32. The van der Waals surface area contributed by atoms with Crippen molar-refractivity contribution in [2.75, 3.05) is 58.6 Å². The van der Waals surface area contributed by atoms with Gasteiger partial charge in [-0.25, -0.2) is 0 Å². The number of rotatable bonds is 15. The Morgan fingerprint density at radius 3 is 2.42 bits per heavy atom. The maximum atomic E-state index is 10.8. The van der Waals surface area contributed by atoms with Crippen LogP contribution in [0.4, 0.5) is 11.5 Å². The van der Waals surface area contributed by atoms with Crippen molar-refractivity contribution >= 4 is 17.4 Å². The van der Waals surface area contributed by atoms with Crippen molar-refractivity contribution in [2.45, 2.75) is 19.9 Å². The van der Waals surface area contributed by atoms with Crippen LogP contribution in [0.25, 0.3) is 11.3 Å². The van der Waals surface area contributed by atoms with Gasteiger partial charge in [-0.2, -0.15) is 5.10 Å². The van der Waals surface area contributed by atoms with Gasteiger partial charge in [0, 0.05) is 36.7 Å². The number of para-hydroxylation sites is 1. The number of carbonyl (C=O) groups is 1. The van der Waals surface area contributed by atoms with Crippen LogP contribution in [0.3, 0.4) is 0 Å². The van der Waals surface area contributed by atoms with E-state index in [-0.39, 0.29) is 5.91 Å². The first-order valence-corrected chi connectivity index (χ1v) is 12.2. The van der Waals surface area contributed by atoms with Crippen LogP contribution in [0.1, 0.15) is 18.1 Å². The number of carbonyl (C=O) groups excluding carboxylic acids is 1. The zero-order valence-electron chi connectivity index (χ0n) is 20.9. The van der Waals surface area contributed by atoms with Gasteiger partial charge in [-0.1, -0.05) is 18.2 Å². The van der Waals surface area contributed by atoms with Gasteiger partial charge in [0.05, 0.1) is 59.0 Å². The molecule has 1 amide bonds. The lowest BCUT2D eigenvalue weighted by atomic mass is 10.1. The van der Waals surface area contributed by atoms with E-state index in [1.165, 1.54) is 23.6 Å². The normalized spacial score (nSPS) is 11.7. The van der Waals surface area contributed by atoms with Crippen LogP contribution in [0, 0.1) is 0 Å². The number of nitrogens with one attached hydrogen (secondary N) is 2. The molecule has 2 aromatic carbocycles. The molecule has 0 unspecified atom stereocenters. The zero-order chi connectivity index (χ0) is 25.2. The third-order valence-electron chi connectivity index (χ3n) is 5.83. The molecule has 1 aliphatic carbocycles. The molecule has 3 aromatic rings. The van der Waals surface area contributed by atoms with E-state index in [4.69, 9.17) is 24.0 Å². The van der Waals surface area contributed by atoms with E-state index in [9.17, 15) is 4.79 Å². The first-order chi connectivity index (χ1) is 17.7. The van der Waals surface area contributed by atoms with Crippen LogP contribution in [0.15, 0.2) is 48.5 Å². The van der Waals surface area contributed by atoms with Gasteiger partial charge < -0.3 is 29.6 Å². The fourth-order valence-electron chi connectivity index (χ4n) is 4.15. The molecule has 9 nitrogen and oxygen atoms in total. The number of hydrogen-bond donors (Lipinski definition) is 2. The zero-order valence-corrected chi connectivity index (χ0v) is 20.9. The van der Waals surface area contributed by atoms with Crippen molar-refractivity contribution in [1.29, 1.82) is 0 Å². The highest BCUT2D eigenvalue weighted by atomic mass is 16.5. The Labute approximate surface area is 211 Å². The largest absolute Gasteiger partial charge is 0.497 e. The van der Waals surface area contributed by atoms with Crippen LogP contribution in [0.2, 0.25) is 0 Å². The molecule has 0 saturated carbocycles. The molecule has 1 aromatic heterocycles. The maximum absolute atomic E-state index is 10.8. The standard InChI is InChI=1S/C27H34N4O5/c1-20(32)28-10-12-34-14-16-36-17-15-35-13-11-31-26-24-9-8-23(33-2)18-21(24)19-25(26)27(30-31)29-22-6-4-3-5-7-22/h3-9,18H,10-17,19H2,1-2H3,(H,28,32)(H,29,30). The van der Waals surface area contributed by atoms with Crippen LogP contribution >= 0.6 is 0 Å². The molecular formula is C27H34N4O5. The molecule has 1 heterocycles. The van der Waals surface area contributed by atoms with E-state index in [1.807, 2.05) is 41.1 Å². The summed E-state index contributed by atoms with van der Waals surface area (Å²) in [5.74, 6) is 1.67. The van der Waals surface area contributed by atoms with Crippen molar-refractivity contribution < 1.29 is 23.7 Å². The predicted octanol–water partition coefficient (Wildman–Crippen LogP) is 3.39. The summed E-state index contributed by atoms with van der Waals surface area (Å²) in [6, 6.07) is 16.3. The first kappa shape index (κ1) is 25.7. The molecule has 0 bridgehead atoms. The Bertz CT molecular complexity index is 1130. The molecule has 0 radical (unpaired) electrons. The van der Waals surface area contributed by atoms with Crippen molar-refractivity contribution in [2.24, 2.45) is 0 Å². The Hall–Kier alpha value is -3.40. The summed E-state index contributed by atoms with van der Waals surface area (Å²) in [6.45, 7) is 5.61. The Morgan fingerprint density at radius 2 is 1.69 bits per heavy atom. The fourth-order valence-corrected chi connectivity index (χ4v) is 4.15. The molecule has 0 saturated heterocycles. The molecule has 0 aliphatic heterocycles. The third kappa shape index (κ3) is 6.84. The van der Waals surface area contributed by atoms with Gasteiger partial charge in [-0.3, -0.25) is 9.48 Å². The fraction of sp³-hybridized carbons (Fsp3) is 0.407. The molecule has 4 rings (SSSR count). The summed E-state index contributed by atoms with van der Waals surface area (Å²) in [7, 11) is 1.69. The second-order valence-corrected chi connectivity index (χ2v) is 8.41. The summed E-state index contributed by atoms with van der Waals surface area (Å²) >= 11 is 0. The van der Waals surface area contributed by atoms with E-state index in [0.29, 0.717) is 52.7 Å². The number of amides is 1. The van der Waals surface area contributed by atoms with Crippen LogP contribution in [0.5, 0.6) is 5.75 Å². The minimum absolute atomic E-state index is 0.0554. The number of aromatic nitrogens is 2. The number of fused-ring (bicyclic) bond motifs is 3. The number of benzene rings is 2. The molecule has 0 fully saturated rings. The Morgan fingerprint density at radius 1 is 0.972 bits per heavy atom. The topological polar surface area (TPSA) is 95.9 Å². The number of methoxy groups -OCH3 is 1. The van der Waals surface area contributed by atoms with E-state index >= 15 is 0 Å². The van der Waals surface area contributed by atoms with Crippen LogP contribution < -0.4 is 15.4 Å². The minimum atomic E-state index is -0.0554. The summed E-state index contributed by atoms with van der Waals surface area (Å²) in [4.78, 5) is 10.8. The molecule has 0 spiro atoms. The molecule has 192 valence electrons. The SMILES string of the molecule is COc1ccc2c(c1)Cc1c(Nc3ccccc3)nn(CCOCCOCCOCCNC(C)=O)c1-2. The van der Waals surface area contributed by atoms with Gasteiger partial charge in [0.2, 0.25) is 5.91 Å². The number of nitrogens with zero attached hydrogens (tertiary/aromatic N) is 2. The van der Waals surface area contributed by atoms with Gasteiger partial charge in [-0.05, 0) is 35.9 Å². The van der Waals surface area contributed by atoms with Crippen LogP contribution in [-0.2, 0) is 32.0 Å². The third-order valence-corrected chi connectivity index (χ3v) is 5.83. The number of ether oxygens (including phenoxy) is 4. The summed E-state index contributed by atoms with van der Waals surface area (Å²) in [5, 5.41) is 11.0. The smallest absolute Gasteiger partial charge is 0.216 e. The predicted molar refractivity (Wildman–Crippen MR) is 138 cm³/mol. The molecule has 36 heavy (non-hydrogen) atoms. The van der Waals surface area contributed by atoms with E-state index in [1.54, 1.807) is 7.11 Å². The monoisotopic (exact) mass is 494 g/mol. The van der Waals surface area contributed by atoms with Crippen LogP contribution in [-0.4, -0.2) is 69.0 Å². The summed E-state index contributed by atoms with van der Waals surface area (Å²) < 4.78 is 24.2. The van der Waals surface area contributed by atoms with Crippen molar-refractivity contribution in [1.82, 2.24) is 15.1 Å². The quantitative estimate of drug-likeness (QED) is 0.245. The van der Waals surface area contributed by atoms with Gasteiger partial charge in [-0.15, -0.1) is 0 Å². The minimum Gasteiger partial charge on any atom is -0.497 e. The molecular weight excluding hydrogens is 460 g/mol. The molecule has 2 N–H and O–H groups in total. The summed E-state index contributed by atoms with van der Waals surface area (Å²) in [6.07, 6.45) is 0.804. The average Bonchev–Trinajstić information content (AvgIpc) is 3.42. The lowest BCUT2D eigenvalue weighted by molar-refractivity contribution is -0.119. The van der Waals surface area contributed by atoms with Crippen molar-refractivity contribution in [3.8, 4) is 17.0 Å². The van der Waals surface area contributed by atoms with Gasteiger partial charge in [0.25, 0.3) is 0 Å². The number of hydrogen-bond acceptors (Lipinski definition) is 7. The molecule has 1 aliphatic rings. The molecule has 0 atom stereocenters. The highest BCUT2D eigenvalue weighted by Gasteiger charge is 2.28. The first-order valence-electron chi connectivity index (χ1n) is 12.2. The second kappa shape index (κ2) is 13.1. The summed E-state index contributed by atoms with van der Waals surface area (Å²) in [5.41, 5.74) is 5.73. The van der Waals surface area contributed by atoms with Gasteiger partial charge in [0.15, 0.2) is 5.82 Å². The highest BCUT2D eigenvalue weighted by molar-refractivity contribution is 5.80. The highest BCUT2D eigenvalue weighted by Crippen LogP contribution is 2.42. The van der Waals surface area contributed by atoms with Gasteiger partial charge >= 0.3 is 0 Å². The van der Waals surface area contributed by atoms with E-state index < -0.39 is 0 Å².